The van der Waals surface area contributed by atoms with Crippen LogP contribution in [0.25, 0.3) is 0 Å². The van der Waals surface area contributed by atoms with Gasteiger partial charge in [-0.15, -0.1) is 0 Å². The van der Waals surface area contributed by atoms with Crippen LogP contribution in [-0.2, 0) is 11.2 Å². The highest BCUT2D eigenvalue weighted by atomic mass is 16.5. The molecule has 0 radical (unpaired) electrons. The van der Waals surface area contributed by atoms with Gasteiger partial charge in [0.25, 0.3) is 0 Å². The highest BCUT2D eigenvalue weighted by molar-refractivity contribution is 6.00. The first kappa shape index (κ1) is 14.7. The van der Waals surface area contributed by atoms with E-state index in [9.17, 15) is 9.59 Å². The van der Waals surface area contributed by atoms with Gasteiger partial charge in [0.2, 0.25) is 5.91 Å². The molecule has 2 heterocycles. The number of ether oxygens (including phenoxy) is 1. The van der Waals surface area contributed by atoms with Gasteiger partial charge in [-0.25, -0.2) is 0 Å². The molecule has 23 heavy (non-hydrogen) atoms. The summed E-state index contributed by atoms with van der Waals surface area (Å²) in [6.45, 7) is 3.51. The van der Waals surface area contributed by atoms with Gasteiger partial charge in [0.05, 0.1) is 12.0 Å². The Bertz CT molecular complexity index is 655. The van der Waals surface area contributed by atoms with Gasteiger partial charge in [-0.2, -0.15) is 0 Å². The van der Waals surface area contributed by atoms with Gasteiger partial charge in [0.15, 0.2) is 5.78 Å². The topological polar surface area (TPSA) is 46.6 Å². The number of benzene rings is 1. The molecule has 122 valence electrons. The van der Waals surface area contributed by atoms with Gasteiger partial charge < -0.3 is 9.64 Å². The molecule has 1 aliphatic carbocycles. The van der Waals surface area contributed by atoms with Crippen molar-refractivity contribution in [1.29, 1.82) is 0 Å². The Kier molecular flexibility index (Phi) is 3.43. The van der Waals surface area contributed by atoms with Gasteiger partial charge in [0, 0.05) is 31.8 Å². The second-order valence-corrected chi connectivity index (χ2v) is 7.17. The summed E-state index contributed by atoms with van der Waals surface area (Å²) in [7, 11) is 0. The number of hydrogen-bond acceptors (Lipinski definition) is 3. The number of aryl methyl sites for hydroxylation is 1. The Morgan fingerprint density at radius 2 is 2.04 bits per heavy atom. The maximum absolute atomic E-state index is 12.6. The largest absolute Gasteiger partial charge is 0.486 e. The third kappa shape index (κ3) is 2.64. The minimum Gasteiger partial charge on any atom is -0.486 e. The molecule has 4 nitrogen and oxygen atoms in total. The van der Waals surface area contributed by atoms with Crippen LogP contribution in [-0.4, -0.2) is 35.3 Å². The fraction of sp³-hybridized carbons (Fsp3) is 0.579. The van der Waals surface area contributed by atoms with Crippen molar-refractivity contribution >= 4 is 11.7 Å². The predicted molar refractivity (Wildman–Crippen MR) is 86.7 cm³/mol. The van der Waals surface area contributed by atoms with E-state index >= 15 is 0 Å². The molecule has 0 N–H and O–H groups in total. The van der Waals surface area contributed by atoms with E-state index in [1.54, 1.807) is 0 Å². The van der Waals surface area contributed by atoms with E-state index in [4.69, 9.17) is 4.74 Å². The van der Waals surface area contributed by atoms with E-state index < -0.39 is 5.60 Å². The molecule has 2 fully saturated rings. The molecule has 4 heteroatoms. The Hall–Kier alpha value is -1.84. The summed E-state index contributed by atoms with van der Waals surface area (Å²) in [4.78, 5) is 26.7. The normalized spacial score (nSPS) is 22.7. The first-order valence-electron chi connectivity index (χ1n) is 8.74. The average molecular weight is 313 g/mol. The maximum atomic E-state index is 12.6. The molecule has 0 bridgehead atoms. The second kappa shape index (κ2) is 5.36. The molecule has 1 saturated carbocycles. The molecule has 1 aromatic rings. The van der Waals surface area contributed by atoms with Crippen molar-refractivity contribution < 1.29 is 14.3 Å². The third-order valence-corrected chi connectivity index (χ3v) is 5.47. The molecule has 0 unspecified atom stereocenters. The number of ketones is 1. The number of nitrogens with zero attached hydrogens (tertiary/aromatic N) is 1. The van der Waals surface area contributed by atoms with E-state index in [0.717, 1.165) is 43.4 Å². The second-order valence-electron chi connectivity index (χ2n) is 7.17. The standard InChI is InChI=1S/C19H23NO3/c1-2-13-3-6-17-15(11-13)16(21)12-19(23-17)7-9-20(10-8-19)18(22)14-4-5-14/h3,6,11,14H,2,4-5,7-10,12H2,1H3. The van der Waals surface area contributed by atoms with Crippen LogP contribution in [0.2, 0.25) is 0 Å². The number of carbonyl (C=O) groups is 2. The Morgan fingerprint density at radius 3 is 2.70 bits per heavy atom. The lowest BCUT2D eigenvalue weighted by molar-refractivity contribution is -0.136. The zero-order valence-corrected chi connectivity index (χ0v) is 13.6. The number of piperidine rings is 1. The van der Waals surface area contributed by atoms with Crippen molar-refractivity contribution in [2.45, 2.75) is 51.0 Å². The summed E-state index contributed by atoms with van der Waals surface area (Å²) in [6.07, 6.45) is 4.96. The SMILES string of the molecule is CCc1ccc2c(c1)C(=O)CC1(CCN(C(=O)C3CC3)CC1)O2. The van der Waals surface area contributed by atoms with Crippen LogP contribution in [0.1, 0.15) is 54.9 Å². The Balaban J connectivity index is 1.50. The number of hydrogen-bond donors (Lipinski definition) is 0. The first-order chi connectivity index (χ1) is 11.1. The van der Waals surface area contributed by atoms with Crippen molar-refractivity contribution in [3.8, 4) is 5.75 Å². The van der Waals surface area contributed by atoms with E-state index in [-0.39, 0.29) is 11.7 Å². The first-order valence-corrected chi connectivity index (χ1v) is 8.74. The highest BCUT2D eigenvalue weighted by Gasteiger charge is 2.45. The van der Waals surface area contributed by atoms with Gasteiger partial charge in [0.1, 0.15) is 11.4 Å². The number of Topliss-reactive ketones (excluding diaryl/α,β-unsaturated/α-hetero) is 1. The van der Waals surface area contributed by atoms with Gasteiger partial charge in [-0.05, 0) is 37.0 Å². The molecule has 4 rings (SSSR count). The fourth-order valence-corrected chi connectivity index (χ4v) is 3.76. The highest BCUT2D eigenvalue weighted by Crippen LogP contribution is 2.40. The molecule has 1 spiro atoms. The number of likely N-dealkylation sites (tertiary alicyclic amines) is 1. The zero-order chi connectivity index (χ0) is 16.0. The Morgan fingerprint density at radius 1 is 1.30 bits per heavy atom. The Labute approximate surface area is 136 Å². The lowest BCUT2D eigenvalue weighted by atomic mass is 9.82. The lowest BCUT2D eigenvalue weighted by Crippen LogP contribution is -2.52. The van der Waals surface area contributed by atoms with Gasteiger partial charge in [-0.3, -0.25) is 9.59 Å². The third-order valence-electron chi connectivity index (χ3n) is 5.47. The summed E-state index contributed by atoms with van der Waals surface area (Å²) in [6, 6.07) is 5.95. The minimum absolute atomic E-state index is 0.184. The van der Waals surface area contributed by atoms with Crippen LogP contribution in [0.3, 0.4) is 0 Å². The monoisotopic (exact) mass is 313 g/mol. The summed E-state index contributed by atoms with van der Waals surface area (Å²) in [5, 5.41) is 0. The molecule has 3 aliphatic rings. The van der Waals surface area contributed by atoms with Crippen LogP contribution in [0.5, 0.6) is 5.75 Å². The van der Waals surface area contributed by atoms with Crippen LogP contribution in [0.15, 0.2) is 18.2 Å². The molecule has 1 aromatic carbocycles. The van der Waals surface area contributed by atoms with Crippen molar-refractivity contribution in [2.75, 3.05) is 13.1 Å². The van der Waals surface area contributed by atoms with Crippen molar-refractivity contribution in [1.82, 2.24) is 4.90 Å². The number of rotatable bonds is 2. The van der Waals surface area contributed by atoms with Crippen molar-refractivity contribution in [2.24, 2.45) is 5.92 Å². The molecular formula is C19H23NO3. The summed E-state index contributed by atoms with van der Waals surface area (Å²) in [5.74, 6) is 1.48. The van der Waals surface area contributed by atoms with E-state index in [2.05, 4.69) is 6.92 Å². The number of carbonyl (C=O) groups excluding carboxylic acids is 2. The number of amides is 1. The molecule has 2 aliphatic heterocycles. The van der Waals surface area contributed by atoms with Gasteiger partial charge >= 0.3 is 0 Å². The minimum atomic E-state index is -0.405. The quantitative estimate of drug-likeness (QED) is 0.843. The summed E-state index contributed by atoms with van der Waals surface area (Å²) in [5.41, 5.74) is 1.49. The lowest BCUT2D eigenvalue weighted by Gasteiger charge is -2.44. The summed E-state index contributed by atoms with van der Waals surface area (Å²) >= 11 is 0. The van der Waals surface area contributed by atoms with Crippen LogP contribution >= 0.6 is 0 Å². The van der Waals surface area contributed by atoms with Crippen LogP contribution in [0, 0.1) is 5.92 Å². The smallest absolute Gasteiger partial charge is 0.225 e. The molecule has 0 atom stereocenters. The van der Waals surface area contributed by atoms with E-state index in [1.165, 1.54) is 5.56 Å². The molecular weight excluding hydrogens is 290 g/mol. The van der Waals surface area contributed by atoms with Crippen LogP contribution < -0.4 is 4.74 Å². The zero-order valence-electron chi connectivity index (χ0n) is 13.6. The van der Waals surface area contributed by atoms with Crippen molar-refractivity contribution in [3.63, 3.8) is 0 Å². The van der Waals surface area contributed by atoms with Gasteiger partial charge in [-0.1, -0.05) is 13.0 Å². The van der Waals surface area contributed by atoms with Crippen molar-refractivity contribution in [3.05, 3.63) is 29.3 Å². The van der Waals surface area contributed by atoms with Crippen LogP contribution in [0.4, 0.5) is 0 Å². The molecule has 1 saturated heterocycles. The average Bonchev–Trinajstić information content (AvgIpc) is 3.40. The molecule has 1 amide bonds. The predicted octanol–water partition coefficient (Wildman–Crippen LogP) is 2.99. The van der Waals surface area contributed by atoms with E-state index in [1.807, 2.05) is 23.1 Å². The molecule has 0 aromatic heterocycles. The fourth-order valence-electron chi connectivity index (χ4n) is 3.76. The summed E-state index contributed by atoms with van der Waals surface area (Å²) < 4.78 is 6.28. The maximum Gasteiger partial charge on any atom is 0.225 e. The van der Waals surface area contributed by atoms with E-state index in [0.29, 0.717) is 25.4 Å². The number of fused-ring (bicyclic) bond motifs is 1.